The Balaban J connectivity index is 2.01. The van der Waals surface area contributed by atoms with Gasteiger partial charge in [0.05, 0.1) is 11.0 Å². The van der Waals surface area contributed by atoms with Gasteiger partial charge in [0.25, 0.3) is 0 Å². The topological polar surface area (TPSA) is 91.3 Å². The van der Waals surface area contributed by atoms with Crippen molar-refractivity contribution in [3.8, 4) is 0 Å². The molecule has 3 N–H and O–H groups in total. The molecule has 1 aliphatic rings. The third-order valence-electron chi connectivity index (χ3n) is 4.14. The molecule has 0 aliphatic heterocycles. The second-order valence-corrected chi connectivity index (χ2v) is 7.12. The van der Waals surface area contributed by atoms with Crippen molar-refractivity contribution in [1.82, 2.24) is 15.6 Å². The number of carbonyl (C=O) groups excluding carboxylic acids is 1. The van der Waals surface area contributed by atoms with Gasteiger partial charge in [-0.1, -0.05) is 6.42 Å². The number of carboxylic acids is 1. The van der Waals surface area contributed by atoms with Crippen molar-refractivity contribution in [3.63, 3.8) is 0 Å². The molecule has 6 nitrogen and oxygen atoms in total. The zero-order chi connectivity index (χ0) is 15.7. The minimum Gasteiger partial charge on any atom is -0.481 e. The Hall–Kier alpha value is -1.63. The van der Waals surface area contributed by atoms with Gasteiger partial charge in [-0.2, -0.15) is 0 Å². The maximum Gasteiger partial charge on any atom is 0.315 e. The number of carbonyl (C=O) groups is 2. The molecule has 0 radical (unpaired) electrons. The Labute approximate surface area is 128 Å². The molecule has 1 saturated carbocycles. The summed E-state index contributed by atoms with van der Waals surface area (Å²) in [5.41, 5.74) is -1.47. The summed E-state index contributed by atoms with van der Waals surface area (Å²) in [6, 6.07) is -0.698. The predicted octanol–water partition coefficient (Wildman–Crippen LogP) is 2.32. The quantitative estimate of drug-likeness (QED) is 0.796. The molecule has 1 fully saturated rings. The Morgan fingerprint density at radius 1 is 1.52 bits per heavy atom. The molecule has 0 bridgehead atoms. The Morgan fingerprint density at radius 3 is 2.81 bits per heavy atom. The van der Waals surface area contributed by atoms with E-state index in [9.17, 15) is 14.7 Å². The number of urea groups is 1. The molecule has 0 spiro atoms. The number of aromatic nitrogens is 1. The molecule has 2 unspecified atom stereocenters. The number of thiazole rings is 1. The lowest BCUT2D eigenvalue weighted by molar-refractivity contribution is -0.148. The fourth-order valence-electron chi connectivity index (χ4n) is 2.72. The molecule has 2 rings (SSSR count). The lowest BCUT2D eigenvalue weighted by atomic mass is 9.85. The van der Waals surface area contributed by atoms with Gasteiger partial charge in [-0.15, -0.1) is 11.3 Å². The summed E-state index contributed by atoms with van der Waals surface area (Å²) in [5, 5.41) is 17.7. The van der Waals surface area contributed by atoms with Gasteiger partial charge >= 0.3 is 12.0 Å². The van der Waals surface area contributed by atoms with Crippen LogP contribution in [0, 0.1) is 5.41 Å². The first-order valence-electron chi connectivity index (χ1n) is 6.98. The number of hydrogen-bond donors (Lipinski definition) is 3. The molecule has 21 heavy (non-hydrogen) atoms. The summed E-state index contributed by atoms with van der Waals surface area (Å²) in [5.74, 6) is -0.857. The van der Waals surface area contributed by atoms with Crippen molar-refractivity contribution in [2.75, 3.05) is 0 Å². The maximum atomic E-state index is 12.2. The number of amides is 2. The highest BCUT2D eigenvalue weighted by Gasteiger charge is 2.46. The standard InChI is InChI=1S/C14H21N3O3S/c1-13(2,10-15-7-8-21-10)17-12(20)16-9-5-4-6-14(9,3)11(18)19/h7-9H,4-6H2,1-3H3,(H,18,19)(H2,16,17,20). The number of hydrogen-bond acceptors (Lipinski definition) is 4. The first kappa shape index (κ1) is 15.8. The van der Waals surface area contributed by atoms with Gasteiger partial charge in [0, 0.05) is 17.6 Å². The molecule has 2 atom stereocenters. The molecule has 1 aliphatic carbocycles. The largest absolute Gasteiger partial charge is 0.481 e. The van der Waals surface area contributed by atoms with Crippen LogP contribution in [0.1, 0.15) is 45.0 Å². The Bertz CT molecular complexity index is 530. The van der Waals surface area contributed by atoms with Crippen molar-refractivity contribution in [2.45, 2.75) is 51.6 Å². The smallest absolute Gasteiger partial charge is 0.315 e. The van der Waals surface area contributed by atoms with E-state index in [2.05, 4.69) is 15.6 Å². The first-order chi connectivity index (χ1) is 9.75. The van der Waals surface area contributed by atoms with Crippen LogP contribution in [0.5, 0.6) is 0 Å². The average molecular weight is 311 g/mol. The summed E-state index contributed by atoms with van der Waals surface area (Å²) in [6.07, 6.45) is 3.78. The molecule has 0 aromatic carbocycles. The van der Waals surface area contributed by atoms with Gasteiger partial charge in [-0.05, 0) is 33.6 Å². The minimum absolute atomic E-state index is 0.345. The predicted molar refractivity (Wildman–Crippen MR) is 80.2 cm³/mol. The average Bonchev–Trinajstić information content (AvgIpc) is 3.00. The highest BCUT2D eigenvalue weighted by atomic mass is 32.1. The number of nitrogens with one attached hydrogen (secondary N) is 2. The van der Waals surface area contributed by atoms with Gasteiger partial charge in [0.2, 0.25) is 0 Å². The van der Waals surface area contributed by atoms with E-state index in [0.29, 0.717) is 12.8 Å². The molecular formula is C14H21N3O3S. The summed E-state index contributed by atoms with van der Waals surface area (Å²) < 4.78 is 0. The molecule has 1 aromatic heterocycles. The fraction of sp³-hybridized carbons (Fsp3) is 0.643. The van der Waals surface area contributed by atoms with E-state index >= 15 is 0 Å². The molecular weight excluding hydrogens is 290 g/mol. The van der Waals surface area contributed by atoms with E-state index in [1.54, 1.807) is 13.1 Å². The number of aliphatic carboxylic acids is 1. The third-order valence-corrected chi connectivity index (χ3v) is 5.24. The first-order valence-corrected chi connectivity index (χ1v) is 7.86. The monoisotopic (exact) mass is 311 g/mol. The van der Waals surface area contributed by atoms with E-state index in [1.165, 1.54) is 11.3 Å². The van der Waals surface area contributed by atoms with Crippen LogP contribution in [0.3, 0.4) is 0 Å². The summed E-state index contributed by atoms with van der Waals surface area (Å²) in [4.78, 5) is 27.8. The zero-order valence-electron chi connectivity index (χ0n) is 12.5. The second-order valence-electron chi connectivity index (χ2n) is 6.23. The number of rotatable bonds is 4. The fourth-order valence-corrected chi connectivity index (χ4v) is 3.44. The normalized spacial score (nSPS) is 25.6. The zero-order valence-corrected chi connectivity index (χ0v) is 13.3. The summed E-state index contributed by atoms with van der Waals surface area (Å²) >= 11 is 1.47. The van der Waals surface area contributed by atoms with Crippen LogP contribution >= 0.6 is 11.3 Å². The highest BCUT2D eigenvalue weighted by Crippen LogP contribution is 2.38. The molecule has 2 amide bonds. The van der Waals surface area contributed by atoms with Gasteiger partial charge < -0.3 is 15.7 Å². The SMILES string of the molecule is CC(C)(NC(=O)NC1CCCC1(C)C(=O)O)c1nccs1. The Morgan fingerprint density at radius 2 is 2.24 bits per heavy atom. The molecule has 1 aromatic rings. The van der Waals surface area contributed by atoms with E-state index in [0.717, 1.165) is 11.4 Å². The lowest BCUT2D eigenvalue weighted by Crippen LogP contribution is -2.53. The number of carboxylic acid groups (broad SMARTS) is 1. The van der Waals surface area contributed by atoms with Gasteiger partial charge in [-0.25, -0.2) is 9.78 Å². The van der Waals surface area contributed by atoms with E-state index in [4.69, 9.17) is 0 Å². The maximum absolute atomic E-state index is 12.2. The number of nitrogens with zero attached hydrogens (tertiary/aromatic N) is 1. The van der Waals surface area contributed by atoms with Crippen LogP contribution in [0.25, 0.3) is 0 Å². The minimum atomic E-state index is -0.886. The van der Waals surface area contributed by atoms with E-state index in [1.807, 2.05) is 19.2 Å². The van der Waals surface area contributed by atoms with Crippen molar-refractivity contribution in [1.29, 1.82) is 0 Å². The molecule has 116 valence electrons. The van der Waals surface area contributed by atoms with Crippen LogP contribution in [-0.4, -0.2) is 28.1 Å². The van der Waals surface area contributed by atoms with E-state index in [-0.39, 0.29) is 12.1 Å². The second kappa shape index (κ2) is 5.63. The van der Waals surface area contributed by atoms with Crippen molar-refractivity contribution in [3.05, 3.63) is 16.6 Å². The Kier molecular flexibility index (Phi) is 4.22. The lowest BCUT2D eigenvalue weighted by Gasteiger charge is -2.30. The van der Waals surface area contributed by atoms with Gasteiger partial charge in [0.15, 0.2) is 0 Å². The van der Waals surface area contributed by atoms with Crippen molar-refractivity contribution >= 4 is 23.3 Å². The van der Waals surface area contributed by atoms with Crippen LogP contribution in [0.2, 0.25) is 0 Å². The van der Waals surface area contributed by atoms with E-state index < -0.39 is 16.9 Å². The van der Waals surface area contributed by atoms with Gasteiger partial charge in [-0.3, -0.25) is 4.79 Å². The summed E-state index contributed by atoms with van der Waals surface area (Å²) in [6.45, 7) is 5.44. The van der Waals surface area contributed by atoms with Crippen LogP contribution in [0.15, 0.2) is 11.6 Å². The third kappa shape index (κ3) is 3.18. The van der Waals surface area contributed by atoms with Crippen LogP contribution in [0.4, 0.5) is 4.79 Å². The van der Waals surface area contributed by atoms with Gasteiger partial charge in [0.1, 0.15) is 5.01 Å². The molecule has 0 saturated heterocycles. The molecule has 7 heteroatoms. The molecule has 1 heterocycles. The van der Waals surface area contributed by atoms with Crippen LogP contribution < -0.4 is 10.6 Å². The van der Waals surface area contributed by atoms with Crippen molar-refractivity contribution < 1.29 is 14.7 Å². The highest BCUT2D eigenvalue weighted by molar-refractivity contribution is 7.09. The summed E-state index contributed by atoms with van der Waals surface area (Å²) in [7, 11) is 0. The van der Waals surface area contributed by atoms with Crippen LogP contribution in [-0.2, 0) is 10.3 Å². The van der Waals surface area contributed by atoms with Crippen molar-refractivity contribution in [2.24, 2.45) is 5.41 Å².